The summed E-state index contributed by atoms with van der Waals surface area (Å²) in [6.07, 6.45) is 1.50. The Hall–Kier alpha value is -2.30. The van der Waals surface area contributed by atoms with Gasteiger partial charge in [0.15, 0.2) is 0 Å². The fourth-order valence-corrected chi connectivity index (χ4v) is 1.48. The average Bonchev–Trinajstić information content (AvgIpc) is 2.36. The molecule has 0 aliphatic rings. The van der Waals surface area contributed by atoms with Gasteiger partial charge in [0.25, 0.3) is 5.91 Å². The zero-order valence-corrected chi connectivity index (χ0v) is 9.36. The third-order valence-corrected chi connectivity index (χ3v) is 2.27. The van der Waals surface area contributed by atoms with Gasteiger partial charge in [-0.1, -0.05) is 6.07 Å². The number of halogens is 2. The number of nitrogens with zero attached hydrogens (tertiary/aromatic N) is 1. The second kappa shape index (κ2) is 5.35. The van der Waals surface area contributed by atoms with Crippen molar-refractivity contribution in [3.63, 3.8) is 0 Å². The Morgan fingerprint density at radius 3 is 2.50 bits per heavy atom. The van der Waals surface area contributed by atoms with Crippen molar-refractivity contribution < 1.29 is 13.6 Å². The molecule has 3 nitrogen and oxygen atoms in total. The highest BCUT2D eigenvalue weighted by Gasteiger charge is 2.06. The highest BCUT2D eigenvalue weighted by Crippen LogP contribution is 2.07. The van der Waals surface area contributed by atoms with Gasteiger partial charge < -0.3 is 5.32 Å². The number of nitrogens with one attached hydrogen (secondary N) is 1. The molecule has 1 N–H and O–H groups in total. The van der Waals surface area contributed by atoms with Gasteiger partial charge in [-0.3, -0.25) is 9.78 Å². The first-order valence-electron chi connectivity index (χ1n) is 5.29. The zero-order valence-electron chi connectivity index (χ0n) is 9.36. The molecule has 1 amide bonds. The van der Waals surface area contributed by atoms with Crippen LogP contribution >= 0.6 is 0 Å². The average molecular weight is 248 g/mol. The van der Waals surface area contributed by atoms with Gasteiger partial charge in [0.1, 0.15) is 17.3 Å². The molecule has 0 saturated carbocycles. The summed E-state index contributed by atoms with van der Waals surface area (Å²) in [5, 5.41) is 2.53. The van der Waals surface area contributed by atoms with E-state index < -0.39 is 11.6 Å². The van der Waals surface area contributed by atoms with Crippen molar-refractivity contribution in [3.8, 4) is 0 Å². The lowest BCUT2D eigenvalue weighted by molar-refractivity contribution is 0.0946. The third-order valence-electron chi connectivity index (χ3n) is 2.27. The highest BCUT2D eigenvalue weighted by molar-refractivity contribution is 5.92. The Bertz CT molecular complexity index is 538. The lowest BCUT2D eigenvalue weighted by atomic mass is 10.2. The minimum Gasteiger partial charge on any atom is -0.347 e. The van der Waals surface area contributed by atoms with E-state index in [1.165, 1.54) is 18.3 Å². The molecule has 0 radical (unpaired) electrons. The molecule has 0 aliphatic carbocycles. The molecule has 1 aromatic heterocycles. The van der Waals surface area contributed by atoms with Gasteiger partial charge in [0.05, 0.1) is 0 Å². The van der Waals surface area contributed by atoms with E-state index in [2.05, 4.69) is 10.3 Å². The maximum absolute atomic E-state index is 12.9. The first-order valence-corrected chi connectivity index (χ1v) is 5.29. The molecular weight excluding hydrogens is 238 g/mol. The number of benzene rings is 1. The summed E-state index contributed by atoms with van der Waals surface area (Å²) in [7, 11) is 0. The van der Waals surface area contributed by atoms with Crippen LogP contribution in [0, 0.1) is 11.6 Å². The van der Waals surface area contributed by atoms with E-state index in [-0.39, 0.29) is 18.1 Å². The molecule has 5 heteroatoms. The molecule has 0 saturated heterocycles. The second-order valence-corrected chi connectivity index (χ2v) is 3.68. The predicted octanol–water partition coefficient (Wildman–Crippen LogP) is 2.29. The van der Waals surface area contributed by atoms with Crippen molar-refractivity contribution >= 4 is 5.91 Å². The Labute approximate surface area is 102 Å². The number of amides is 1. The van der Waals surface area contributed by atoms with Crippen LogP contribution in [-0.4, -0.2) is 10.9 Å². The quantitative estimate of drug-likeness (QED) is 0.905. The van der Waals surface area contributed by atoms with Gasteiger partial charge in [-0.15, -0.1) is 0 Å². The summed E-state index contributed by atoms with van der Waals surface area (Å²) in [5.74, 6) is -1.73. The van der Waals surface area contributed by atoms with Crippen molar-refractivity contribution in [2.45, 2.75) is 6.54 Å². The minimum atomic E-state index is -0.669. The molecule has 18 heavy (non-hydrogen) atoms. The lowest BCUT2D eigenvalue weighted by Crippen LogP contribution is -2.23. The van der Waals surface area contributed by atoms with Crippen molar-refractivity contribution in [1.82, 2.24) is 10.3 Å². The first-order chi connectivity index (χ1) is 8.65. The summed E-state index contributed by atoms with van der Waals surface area (Å²) in [6.45, 7) is 0.0457. The maximum atomic E-state index is 12.9. The van der Waals surface area contributed by atoms with Crippen LogP contribution in [-0.2, 0) is 6.54 Å². The van der Waals surface area contributed by atoms with Crippen molar-refractivity contribution in [2.75, 3.05) is 0 Å². The topological polar surface area (TPSA) is 42.0 Å². The minimum absolute atomic E-state index is 0.0457. The lowest BCUT2D eigenvalue weighted by Gasteiger charge is -2.05. The summed E-state index contributed by atoms with van der Waals surface area (Å²) in [5.41, 5.74) is 0.617. The van der Waals surface area contributed by atoms with Crippen molar-refractivity contribution in [2.24, 2.45) is 0 Å². The number of aromatic nitrogens is 1. The van der Waals surface area contributed by atoms with Crippen LogP contribution in [0.25, 0.3) is 0 Å². The van der Waals surface area contributed by atoms with E-state index in [0.717, 1.165) is 6.07 Å². The smallest absolute Gasteiger partial charge is 0.270 e. The number of rotatable bonds is 3. The van der Waals surface area contributed by atoms with E-state index >= 15 is 0 Å². The van der Waals surface area contributed by atoms with Gasteiger partial charge >= 0.3 is 0 Å². The van der Waals surface area contributed by atoms with Crippen LogP contribution in [0.5, 0.6) is 0 Å². The predicted molar refractivity (Wildman–Crippen MR) is 61.8 cm³/mol. The maximum Gasteiger partial charge on any atom is 0.270 e. The number of hydrogen-bond acceptors (Lipinski definition) is 2. The van der Waals surface area contributed by atoms with Crippen LogP contribution in [0.1, 0.15) is 16.1 Å². The third kappa shape index (κ3) is 3.10. The normalized spacial score (nSPS) is 10.1. The number of hydrogen-bond donors (Lipinski definition) is 1. The fraction of sp³-hybridized carbons (Fsp3) is 0.0769. The summed E-state index contributed by atoms with van der Waals surface area (Å²) < 4.78 is 25.8. The first kappa shape index (κ1) is 12.2. The van der Waals surface area contributed by atoms with Crippen molar-refractivity contribution in [3.05, 3.63) is 65.5 Å². The van der Waals surface area contributed by atoms with Crippen molar-refractivity contribution in [1.29, 1.82) is 0 Å². The van der Waals surface area contributed by atoms with E-state index in [9.17, 15) is 13.6 Å². The van der Waals surface area contributed by atoms with Gasteiger partial charge in [-0.25, -0.2) is 8.78 Å². The molecule has 0 aliphatic heterocycles. The fourth-order valence-electron chi connectivity index (χ4n) is 1.48. The Kier molecular flexibility index (Phi) is 3.62. The highest BCUT2D eigenvalue weighted by atomic mass is 19.1. The number of pyridine rings is 1. The molecule has 92 valence electrons. The summed E-state index contributed by atoms with van der Waals surface area (Å²) in [6, 6.07) is 8.05. The zero-order chi connectivity index (χ0) is 13.0. The van der Waals surface area contributed by atoms with E-state index in [1.807, 2.05) is 0 Å². The van der Waals surface area contributed by atoms with E-state index in [0.29, 0.717) is 5.56 Å². The second-order valence-electron chi connectivity index (χ2n) is 3.68. The van der Waals surface area contributed by atoms with Gasteiger partial charge in [-0.2, -0.15) is 0 Å². The summed E-state index contributed by atoms with van der Waals surface area (Å²) in [4.78, 5) is 15.5. The summed E-state index contributed by atoms with van der Waals surface area (Å²) >= 11 is 0. The molecule has 0 spiro atoms. The molecular formula is C13H10F2N2O. The Morgan fingerprint density at radius 1 is 1.17 bits per heavy atom. The monoisotopic (exact) mass is 248 g/mol. The van der Waals surface area contributed by atoms with Crippen LogP contribution < -0.4 is 5.32 Å². The molecule has 0 bridgehead atoms. The van der Waals surface area contributed by atoms with Gasteiger partial charge in [0.2, 0.25) is 0 Å². The van der Waals surface area contributed by atoms with Crippen LogP contribution in [0.15, 0.2) is 42.6 Å². The van der Waals surface area contributed by atoms with Gasteiger partial charge in [0, 0.05) is 18.8 Å². The van der Waals surface area contributed by atoms with E-state index in [4.69, 9.17) is 0 Å². The molecule has 2 aromatic rings. The van der Waals surface area contributed by atoms with E-state index in [1.54, 1.807) is 18.2 Å². The van der Waals surface area contributed by atoms with Crippen LogP contribution in [0.3, 0.4) is 0 Å². The molecule has 1 heterocycles. The van der Waals surface area contributed by atoms with Crippen LogP contribution in [0.4, 0.5) is 8.78 Å². The largest absolute Gasteiger partial charge is 0.347 e. The standard InChI is InChI=1S/C13H10F2N2O/c14-10-5-9(6-11(15)7-10)8-17-13(18)12-3-1-2-4-16-12/h1-7H,8H2,(H,17,18). The Morgan fingerprint density at radius 2 is 1.89 bits per heavy atom. The number of carbonyl (C=O) groups excluding carboxylic acids is 1. The molecule has 2 rings (SSSR count). The molecule has 0 fully saturated rings. The molecule has 1 aromatic carbocycles. The van der Waals surface area contributed by atoms with Gasteiger partial charge in [-0.05, 0) is 29.8 Å². The molecule has 0 unspecified atom stereocenters. The molecule has 0 atom stereocenters. The Balaban J connectivity index is 2.02. The van der Waals surface area contributed by atoms with Crippen LogP contribution in [0.2, 0.25) is 0 Å². The SMILES string of the molecule is O=C(NCc1cc(F)cc(F)c1)c1ccccn1. The number of carbonyl (C=O) groups is 1.